The largest absolute Gasteiger partial charge is 0.494 e. The molecule has 25 heavy (non-hydrogen) atoms. The average molecular weight is 337 g/mol. The monoisotopic (exact) mass is 337 g/mol. The van der Waals surface area contributed by atoms with Gasteiger partial charge in [0.1, 0.15) is 5.75 Å². The number of fused-ring (bicyclic) bond motifs is 1. The van der Waals surface area contributed by atoms with Crippen molar-refractivity contribution >= 4 is 17.4 Å². The van der Waals surface area contributed by atoms with Crippen LogP contribution in [0, 0.1) is 0 Å². The third-order valence-corrected chi connectivity index (χ3v) is 4.48. The summed E-state index contributed by atoms with van der Waals surface area (Å²) in [6.45, 7) is 2.82. The van der Waals surface area contributed by atoms with E-state index in [1.807, 2.05) is 23.1 Å². The topological polar surface area (TPSA) is 46.6 Å². The fourth-order valence-corrected chi connectivity index (χ4v) is 3.13. The second kappa shape index (κ2) is 7.97. The lowest BCUT2D eigenvalue weighted by molar-refractivity contribution is -0.118. The lowest BCUT2D eigenvalue weighted by Gasteiger charge is -2.29. The molecule has 4 heteroatoms. The minimum atomic E-state index is 0.0407. The Bertz CT molecular complexity index is 752. The summed E-state index contributed by atoms with van der Waals surface area (Å²) in [5.41, 5.74) is 2.98. The molecule has 1 aliphatic rings. The van der Waals surface area contributed by atoms with Crippen molar-refractivity contribution in [3.8, 4) is 5.75 Å². The highest BCUT2D eigenvalue weighted by Gasteiger charge is 2.21. The van der Waals surface area contributed by atoms with Gasteiger partial charge in [-0.15, -0.1) is 0 Å². The molecule has 0 unspecified atom stereocenters. The SMILES string of the molecule is CC(=O)c1ccc(OCCCC(=O)N2CCCc3ccccc32)cc1. The predicted molar refractivity (Wildman–Crippen MR) is 98.3 cm³/mol. The molecule has 1 heterocycles. The predicted octanol–water partition coefficient (Wildman–Crippen LogP) is 4.03. The molecule has 0 bridgehead atoms. The fourth-order valence-electron chi connectivity index (χ4n) is 3.13. The maximum atomic E-state index is 12.5. The summed E-state index contributed by atoms with van der Waals surface area (Å²) in [5, 5.41) is 0. The fraction of sp³-hybridized carbons (Fsp3) is 0.333. The standard InChI is InChI=1S/C21H23NO3/c1-16(23)17-10-12-19(13-11-17)25-15-5-9-21(24)22-14-4-7-18-6-2-3-8-20(18)22/h2-3,6,8,10-13H,4-5,7,9,14-15H2,1H3. The average Bonchev–Trinajstić information content (AvgIpc) is 2.65. The van der Waals surface area contributed by atoms with E-state index < -0.39 is 0 Å². The molecule has 0 aromatic heterocycles. The molecule has 0 saturated carbocycles. The second-order valence-corrected chi connectivity index (χ2v) is 6.31. The molecule has 1 aliphatic heterocycles. The van der Waals surface area contributed by atoms with Crippen molar-refractivity contribution < 1.29 is 14.3 Å². The van der Waals surface area contributed by atoms with Crippen molar-refractivity contribution in [3.05, 3.63) is 59.7 Å². The number of aryl methyl sites for hydroxylation is 1. The Balaban J connectivity index is 1.48. The van der Waals surface area contributed by atoms with Crippen LogP contribution in [0.1, 0.15) is 42.1 Å². The van der Waals surface area contributed by atoms with E-state index in [1.165, 1.54) is 5.56 Å². The van der Waals surface area contributed by atoms with Crippen LogP contribution < -0.4 is 9.64 Å². The summed E-state index contributed by atoms with van der Waals surface area (Å²) >= 11 is 0. The summed E-state index contributed by atoms with van der Waals surface area (Å²) < 4.78 is 5.67. The minimum absolute atomic E-state index is 0.0407. The summed E-state index contributed by atoms with van der Waals surface area (Å²) in [4.78, 5) is 25.7. The molecule has 0 saturated heterocycles. The second-order valence-electron chi connectivity index (χ2n) is 6.31. The third kappa shape index (κ3) is 4.27. The zero-order chi connectivity index (χ0) is 17.6. The number of carbonyl (C=O) groups is 2. The number of hydrogen-bond acceptors (Lipinski definition) is 3. The van der Waals surface area contributed by atoms with E-state index >= 15 is 0 Å². The molecule has 3 rings (SSSR count). The molecule has 0 spiro atoms. The number of rotatable bonds is 6. The molecule has 2 aromatic rings. The van der Waals surface area contributed by atoms with Crippen molar-refractivity contribution in [2.45, 2.75) is 32.6 Å². The van der Waals surface area contributed by atoms with Crippen molar-refractivity contribution in [2.24, 2.45) is 0 Å². The molecule has 4 nitrogen and oxygen atoms in total. The van der Waals surface area contributed by atoms with Gasteiger partial charge in [-0.05, 0) is 62.1 Å². The van der Waals surface area contributed by atoms with Crippen molar-refractivity contribution in [1.82, 2.24) is 0 Å². The molecule has 130 valence electrons. The molecular weight excluding hydrogens is 314 g/mol. The Morgan fingerprint density at radius 3 is 2.60 bits per heavy atom. The molecule has 0 radical (unpaired) electrons. The van der Waals surface area contributed by atoms with Gasteiger partial charge >= 0.3 is 0 Å². The van der Waals surface area contributed by atoms with Crippen LogP contribution in [0.25, 0.3) is 0 Å². The molecule has 0 atom stereocenters. The first-order chi connectivity index (χ1) is 12.1. The quantitative estimate of drug-likeness (QED) is 0.591. The molecular formula is C21H23NO3. The first kappa shape index (κ1) is 17.2. The minimum Gasteiger partial charge on any atom is -0.494 e. The van der Waals surface area contributed by atoms with E-state index in [-0.39, 0.29) is 11.7 Å². The van der Waals surface area contributed by atoms with Gasteiger partial charge in [0.05, 0.1) is 6.61 Å². The van der Waals surface area contributed by atoms with Crippen LogP contribution in [0.4, 0.5) is 5.69 Å². The van der Waals surface area contributed by atoms with Crippen molar-refractivity contribution in [3.63, 3.8) is 0 Å². The summed E-state index contributed by atoms with van der Waals surface area (Å²) in [6.07, 6.45) is 3.20. The van der Waals surface area contributed by atoms with Crippen molar-refractivity contribution in [1.29, 1.82) is 0 Å². The summed E-state index contributed by atoms with van der Waals surface area (Å²) in [6, 6.07) is 15.2. The van der Waals surface area contributed by atoms with Gasteiger partial charge < -0.3 is 9.64 Å². The Morgan fingerprint density at radius 2 is 1.84 bits per heavy atom. The third-order valence-electron chi connectivity index (χ3n) is 4.48. The van der Waals surface area contributed by atoms with Gasteiger partial charge in [0.25, 0.3) is 0 Å². The van der Waals surface area contributed by atoms with Crippen molar-refractivity contribution in [2.75, 3.05) is 18.1 Å². The van der Waals surface area contributed by atoms with Crippen LogP contribution in [0.3, 0.4) is 0 Å². The smallest absolute Gasteiger partial charge is 0.227 e. The van der Waals surface area contributed by atoms with E-state index in [4.69, 9.17) is 4.74 Å². The first-order valence-corrected chi connectivity index (χ1v) is 8.77. The Morgan fingerprint density at radius 1 is 1.08 bits per heavy atom. The highest BCUT2D eigenvalue weighted by Crippen LogP contribution is 2.27. The van der Waals surface area contributed by atoms with Crippen LogP contribution in [-0.2, 0) is 11.2 Å². The van der Waals surface area contributed by atoms with Gasteiger partial charge in [-0.1, -0.05) is 18.2 Å². The summed E-state index contributed by atoms with van der Waals surface area (Å²) in [7, 11) is 0. The number of benzene rings is 2. The lowest BCUT2D eigenvalue weighted by atomic mass is 10.0. The van der Waals surface area contributed by atoms with Gasteiger partial charge in [-0.2, -0.15) is 0 Å². The van der Waals surface area contributed by atoms with Crippen LogP contribution in [0.15, 0.2) is 48.5 Å². The number of nitrogens with zero attached hydrogens (tertiary/aromatic N) is 1. The number of Topliss-reactive ketones (excluding diaryl/α,β-unsaturated/α-hetero) is 1. The van der Waals surface area contributed by atoms with Crippen LogP contribution in [0.5, 0.6) is 5.75 Å². The maximum absolute atomic E-state index is 12.5. The number of anilines is 1. The Hall–Kier alpha value is -2.62. The highest BCUT2D eigenvalue weighted by atomic mass is 16.5. The Kier molecular flexibility index (Phi) is 5.49. The Labute approximate surface area is 148 Å². The molecule has 0 N–H and O–H groups in total. The van der Waals surface area contributed by atoms with E-state index in [0.29, 0.717) is 25.0 Å². The maximum Gasteiger partial charge on any atom is 0.227 e. The van der Waals surface area contributed by atoms with Gasteiger partial charge in [0.15, 0.2) is 5.78 Å². The van der Waals surface area contributed by atoms with Gasteiger partial charge in [-0.3, -0.25) is 9.59 Å². The number of ether oxygens (including phenoxy) is 1. The van der Waals surface area contributed by atoms with Gasteiger partial charge in [0.2, 0.25) is 5.91 Å². The number of ketones is 1. The summed E-state index contributed by atoms with van der Waals surface area (Å²) in [5.74, 6) is 0.919. The zero-order valence-corrected chi connectivity index (χ0v) is 14.5. The molecule has 2 aromatic carbocycles. The molecule has 0 aliphatic carbocycles. The number of amides is 1. The number of hydrogen-bond donors (Lipinski definition) is 0. The number of carbonyl (C=O) groups excluding carboxylic acids is 2. The number of para-hydroxylation sites is 1. The van der Waals surface area contributed by atoms with E-state index in [1.54, 1.807) is 31.2 Å². The van der Waals surface area contributed by atoms with E-state index in [9.17, 15) is 9.59 Å². The molecule has 0 fully saturated rings. The van der Waals surface area contributed by atoms with Crippen LogP contribution in [-0.4, -0.2) is 24.8 Å². The van der Waals surface area contributed by atoms with E-state index in [0.717, 1.165) is 30.8 Å². The van der Waals surface area contributed by atoms with Crippen LogP contribution in [0.2, 0.25) is 0 Å². The zero-order valence-electron chi connectivity index (χ0n) is 14.5. The van der Waals surface area contributed by atoms with E-state index in [2.05, 4.69) is 6.07 Å². The normalized spacial score (nSPS) is 13.2. The highest BCUT2D eigenvalue weighted by molar-refractivity contribution is 5.94. The first-order valence-electron chi connectivity index (χ1n) is 8.77. The van der Waals surface area contributed by atoms with Crippen LogP contribution >= 0.6 is 0 Å². The van der Waals surface area contributed by atoms with Gasteiger partial charge in [0, 0.05) is 24.2 Å². The molecule has 1 amide bonds. The van der Waals surface area contributed by atoms with Gasteiger partial charge in [-0.25, -0.2) is 0 Å². The lowest BCUT2D eigenvalue weighted by Crippen LogP contribution is -2.35.